The predicted octanol–water partition coefficient (Wildman–Crippen LogP) is 5.05. The van der Waals surface area contributed by atoms with Gasteiger partial charge in [0, 0.05) is 17.4 Å². The molecule has 0 aliphatic heterocycles. The molecule has 0 radical (unpaired) electrons. The Balaban J connectivity index is 1.89. The van der Waals surface area contributed by atoms with E-state index in [9.17, 15) is 18.4 Å². The van der Waals surface area contributed by atoms with Gasteiger partial charge in [-0.3, -0.25) is 4.79 Å². The number of hydrogen-bond donors (Lipinski definition) is 1. The van der Waals surface area contributed by atoms with Crippen LogP contribution in [0.25, 0.3) is 0 Å². The number of carbonyl (C=O) groups is 2. The normalized spacial score (nSPS) is 10.5. The van der Waals surface area contributed by atoms with E-state index in [1.165, 1.54) is 11.3 Å². The van der Waals surface area contributed by atoms with Gasteiger partial charge in [0.2, 0.25) is 0 Å². The van der Waals surface area contributed by atoms with Gasteiger partial charge in [0.05, 0.1) is 17.7 Å². The highest BCUT2D eigenvalue weighted by Crippen LogP contribution is 2.31. The van der Waals surface area contributed by atoms with Gasteiger partial charge >= 0.3 is 5.97 Å². The zero-order valence-corrected chi connectivity index (χ0v) is 15.8. The van der Waals surface area contributed by atoms with Gasteiger partial charge in [-0.05, 0) is 30.7 Å². The molecule has 0 unspecified atom stereocenters. The number of nitrogens with one attached hydrogen (secondary N) is 1. The summed E-state index contributed by atoms with van der Waals surface area (Å²) in [4.78, 5) is 25.5. The molecule has 0 spiro atoms. The van der Waals surface area contributed by atoms with Crippen LogP contribution in [0.2, 0.25) is 0 Å². The fourth-order valence-electron chi connectivity index (χ4n) is 2.62. The van der Waals surface area contributed by atoms with Crippen LogP contribution in [-0.4, -0.2) is 18.5 Å². The number of ether oxygens (including phenoxy) is 1. The molecule has 0 aliphatic carbocycles. The van der Waals surface area contributed by atoms with Crippen molar-refractivity contribution in [3.63, 3.8) is 0 Å². The monoisotopic (exact) mass is 401 g/mol. The third-order valence-electron chi connectivity index (χ3n) is 3.90. The molecule has 1 aromatic heterocycles. The van der Waals surface area contributed by atoms with E-state index in [0.29, 0.717) is 12.5 Å². The van der Waals surface area contributed by atoms with Crippen LogP contribution in [0, 0.1) is 11.6 Å². The summed E-state index contributed by atoms with van der Waals surface area (Å²) in [7, 11) is 0. The number of thiophene rings is 1. The summed E-state index contributed by atoms with van der Waals surface area (Å²) in [5.41, 5.74) is 0.935. The Morgan fingerprint density at radius 1 is 1.04 bits per heavy atom. The SMILES string of the molecule is CCOC(=O)c1cc(Cc2ccccc2)sc1NC(=O)c1ccc(F)cc1F. The molecule has 2 aromatic carbocycles. The zero-order chi connectivity index (χ0) is 20.1. The lowest BCUT2D eigenvalue weighted by molar-refractivity contribution is 0.0528. The molecular formula is C21H17F2NO3S. The molecule has 0 bridgehead atoms. The van der Waals surface area contributed by atoms with E-state index in [1.807, 2.05) is 30.3 Å². The Kier molecular flexibility index (Phi) is 6.16. The van der Waals surface area contributed by atoms with E-state index < -0.39 is 23.5 Å². The molecule has 1 heterocycles. The summed E-state index contributed by atoms with van der Waals surface area (Å²) >= 11 is 1.21. The third kappa shape index (κ3) is 4.61. The maximum Gasteiger partial charge on any atom is 0.341 e. The number of rotatable bonds is 6. The molecular weight excluding hydrogens is 384 g/mol. The molecule has 1 amide bonds. The van der Waals surface area contributed by atoms with Crippen molar-refractivity contribution in [2.24, 2.45) is 0 Å². The maximum absolute atomic E-state index is 13.9. The first kappa shape index (κ1) is 19.7. The minimum absolute atomic E-state index is 0.183. The Morgan fingerprint density at radius 2 is 1.79 bits per heavy atom. The zero-order valence-electron chi connectivity index (χ0n) is 15.0. The van der Waals surface area contributed by atoms with E-state index in [-0.39, 0.29) is 22.7 Å². The minimum Gasteiger partial charge on any atom is -0.462 e. The second-order valence-corrected chi connectivity index (χ2v) is 7.05. The van der Waals surface area contributed by atoms with Crippen molar-refractivity contribution < 1.29 is 23.1 Å². The molecule has 0 saturated carbocycles. The van der Waals surface area contributed by atoms with Crippen LogP contribution < -0.4 is 5.32 Å². The molecule has 7 heteroatoms. The number of amides is 1. The van der Waals surface area contributed by atoms with Crippen LogP contribution >= 0.6 is 11.3 Å². The Bertz CT molecular complexity index is 1000. The van der Waals surface area contributed by atoms with Gasteiger partial charge in [-0.25, -0.2) is 13.6 Å². The standard InChI is InChI=1S/C21H17F2NO3S/c1-2-27-21(26)17-12-15(10-13-6-4-3-5-7-13)28-20(17)24-19(25)16-9-8-14(22)11-18(16)23/h3-9,11-12H,2,10H2,1H3,(H,24,25). The van der Waals surface area contributed by atoms with Gasteiger partial charge < -0.3 is 10.1 Å². The Labute approximate surface area is 164 Å². The fraction of sp³-hybridized carbons (Fsp3) is 0.143. The van der Waals surface area contributed by atoms with Crippen molar-refractivity contribution in [2.45, 2.75) is 13.3 Å². The van der Waals surface area contributed by atoms with Gasteiger partial charge in [-0.1, -0.05) is 30.3 Å². The summed E-state index contributed by atoms with van der Waals surface area (Å²) in [6, 6.07) is 14.0. The quantitative estimate of drug-likeness (QED) is 0.589. The highest BCUT2D eigenvalue weighted by Gasteiger charge is 2.21. The minimum atomic E-state index is -0.976. The summed E-state index contributed by atoms with van der Waals surface area (Å²) in [6.45, 7) is 1.87. The predicted molar refractivity (Wildman–Crippen MR) is 104 cm³/mol. The number of benzene rings is 2. The van der Waals surface area contributed by atoms with E-state index in [1.54, 1.807) is 13.0 Å². The first-order chi connectivity index (χ1) is 13.5. The number of halogens is 2. The van der Waals surface area contributed by atoms with Gasteiger partial charge in [-0.2, -0.15) is 0 Å². The summed E-state index contributed by atoms with van der Waals surface area (Å²) in [6.07, 6.45) is 0.568. The smallest absolute Gasteiger partial charge is 0.341 e. The largest absolute Gasteiger partial charge is 0.462 e. The molecule has 1 N–H and O–H groups in total. The number of carbonyl (C=O) groups excluding carboxylic acids is 2. The molecule has 144 valence electrons. The molecule has 28 heavy (non-hydrogen) atoms. The van der Waals surface area contributed by atoms with Crippen molar-refractivity contribution in [3.05, 3.63) is 87.8 Å². The molecule has 0 atom stereocenters. The van der Waals surface area contributed by atoms with Crippen LogP contribution in [0.4, 0.5) is 13.8 Å². The lowest BCUT2D eigenvalue weighted by atomic mass is 10.1. The third-order valence-corrected chi connectivity index (χ3v) is 4.95. The van der Waals surface area contributed by atoms with Crippen LogP contribution in [0.5, 0.6) is 0 Å². The second-order valence-electron chi connectivity index (χ2n) is 5.92. The lowest BCUT2D eigenvalue weighted by Gasteiger charge is -2.07. The molecule has 0 aliphatic rings. The second kappa shape index (κ2) is 8.75. The van der Waals surface area contributed by atoms with Crippen molar-refractivity contribution in [1.82, 2.24) is 0 Å². The lowest BCUT2D eigenvalue weighted by Crippen LogP contribution is -2.15. The molecule has 4 nitrogen and oxygen atoms in total. The fourth-order valence-corrected chi connectivity index (χ4v) is 3.70. The van der Waals surface area contributed by atoms with E-state index in [2.05, 4.69) is 5.32 Å². The molecule has 0 saturated heterocycles. The van der Waals surface area contributed by atoms with Crippen LogP contribution in [-0.2, 0) is 11.2 Å². The van der Waals surface area contributed by atoms with Gasteiger partial charge in [0.15, 0.2) is 0 Å². The number of hydrogen-bond acceptors (Lipinski definition) is 4. The van der Waals surface area contributed by atoms with Gasteiger partial charge in [-0.15, -0.1) is 11.3 Å². The van der Waals surface area contributed by atoms with Gasteiger partial charge in [0.25, 0.3) is 5.91 Å². The Morgan fingerprint density at radius 3 is 2.46 bits per heavy atom. The van der Waals surface area contributed by atoms with Crippen molar-refractivity contribution >= 4 is 28.2 Å². The average molecular weight is 401 g/mol. The molecule has 3 aromatic rings. The van der Waals surface area contributed by atoms with Crippen LogP contribution in [0.3, 0.4) is 0 Å². The number of esters is 1. The average Bonchev–Trinajstić information content (AvgIpc) is 3.05. The van der Waals surface area contributed by atoms with E-state index in [0.717, 1.165) is 22.6 Å². The molecule has 3 rings (SSSR count). The molecule has 0 fully saturated rings. The van der Waals surface area contributed by atoms with Crippen molar-refractivity contribution in [1.29, 1.82) is 0 Å². The topological polar surface area (TPSA) is 55.4 Å². The number of anilines is 1. The first-order valence-electron chi connectivity index (χ1n) is 8.58. The van der Waals surface area contributed by atoms with Crippen LogP contribution in [0.15, 0.2) is 54.6 Å². The van der Waals surface area contributed by atoms with E-state index >= 15 is 0 Å². The van der Waals surface area contributed by atoms with Crippen molar-refractivity contribution in [2.75, 3.05) is 11.9 Å². The summed E-state index contributed by atoms with van der Waals surface area (Å²) < 4.78 is 32.0. The van der Waals surface area contributed by atoms with Crippen LogP contribution in [0.1, 0.15) is 38.1 Å². The highest BCUT2D eigenvalue weighted by molar-refractivity contribution is 7.16. The highest BCUT2D eigenvalue weighted by atomic mass is 32.1. The van der Waals surface area contributed by atoms with E-state index in [4.69, 9.17) is 4.74 Å². The van der Waals surface area contributed by atoms with Gasteiger partial charge in [0.1, 0.15) is 16.6 Å². The first-order valence-corrected chi connectivity index (χ1v) is 9.39. The maximum atomic E-state index is 13.9. The Hall–Kier alpha value is -3.06. The summed E-state index contributed by atoms with van der Waals surface area (Å²) in [5.74, 6) is -3.09. The summed E-state index contributed by atoms with van der Waals surface area (Å²) in [5, 5.41) is 2.81. The van der Waals surface area contributed by atoms with Crippen molar-refractivity contribution in [3.8, 4) is 0 Å².